The number of nitrogens with zero attached hydrogens (tertiary/aromatic N) is 1. The van der Waals surface area contributed by atoms with Gasteiger partial charge in [-0.1, -0.05) is 30.3 Å². The first kappa shape index (κ1) is 14.7. The molecule has 124 valence electrons. The number of hydrogen-bond acceptors (Lipinski definition) is 3. The lowest BCUT2D eigenvalue weighted by molar-refractivity contribution is 0.0989. The van der Waals surface area contributed by atoms with E-state index in [0.29, 0.717) is 6.61 Å². The molecular weight excluding hydrogens is 330 g/mol. The summed E-state index contributed by atoms with van der Waals surface area (Å²) in [6.07, 6.45) is 2.06. The molecule has 0 aliphatic carbocycles. The van der Waals surface area contributed by atoms with Crippen LogP contribution in [0.1, 0.15) is 27.2 Å². The topological polar surface area (TPSA) is 29.5 Å². The molecule has 0 bridgehead atoms. The van der Waals surface area contributed by atoms with Gasteiger partial charge in [0, 0.05) is 28.2 Å². The zero-order valence-corrected chi connectivity index (χ0v) is 14.5. The molecule has 3 heterocycles. The fraction of sp³-hybridized carbons (Fsp3) is 0.190. The average Bonchev–Trinajstić information content (AvgIpc) is 3.12. The van der Waals surface area contributed by atoms with Crippen molar-refractivity contribution in [3.05, 3.63) is 70.6 Å². The minimum absolute atomic E-state index is 0.101. The van der Waals surface area contributed by atoms with Gasteiger partial charge in [-0.15, -0.1) is 11.3 Å². The number of thiophene rings is 1. The van der Waals surface area contributed by atoms with Gasteiger partial charge in [0.2, 0.25) is 0 Å². The van der Waals surface area contributed by atoms with E-state index in [9.17, 15) is 4.79 Å². The number of benzene rings is 2. The van der Waals surface area contributed by atoms with Crippen LogP contribution in [0.5, 0.6) is 5.75 Å². The zero-order chi connectivity index (χ0) is 16.8. The third-order valence-electron chi connectivity index (χ3n) is 4.89. The Morgan fingerprint density at radius 3 is 2.84 bits per heavy atom. The van der Waals surface area contributed by atoms with E-state index >= 15 is 0 Å². The van der Waals surface area contributed by atoms with Gasteiger partial charge in [0.1, 0.15) is 12.4 Å². The van der Waals surface area contributed by atoms with Crippen molar-refractivity contribution in [1.29, 1.82) is 0 Å². The number of rotatable bonds is 1. The molecule has 0 saturated carbocycles. The van der Waals surface area contributed by atoms with Crippen LogP contribution in [0.2, 0.25) is 0 Å². The first-order valence-electron chi connectivity index (χ1n) is 8.56. The van der Waals surface area contributed by atoms with Crippen molar-refractivity contribution in [1.82, 2.24) is 0 Å². The Morgan fingerprint density at radius 2 is 1.88 bits per heavy atom. The molecule has 0 fully saturated rings. The van der Waals surface area contributed by atoms with Crippen LogP contribution in [-0.2, 0) is 13.0 Å². The highest BCUT2D eigenvalue weighted by molar-refractivity contribution is 7.17. The van der Waals surface area contributed by atoms with Gasteiger partial charge >= 0.3 is 0 Å². The lowest BCUT2D eigenvalue weighted by Gasteiger charge is -2.29. The van der Waals surface area contributed by atoms with Crippen molar-refractivity contribution < 1.29 is 9.53 Å². The number of para-hydroxylation sites is 2. The highest BCUT2D eigenvalue weighted by Crippen LogP contribution is 2.43. The predicted octanol–water partition coefficient (Wildman–Crippen LogP) is 4.90. The van der Waals surface area contributed by atoms with Crippen LogP contribution in [0.25, 0.3) is 10.4 Å². The summed E-state index contributed by atoms with van der Waals surface area (Å²) in [6.45, 7) is 1.32. The van der Waals surface area contributed by atoms with Crippen LogP contribution in [0, 0.1) is 0 Å². The second kappa shape index (κ2) is 5.74. The maximum Gasteiger partial charge on any atom is 0.268 e. The van der Waals surface area contributed by atoms with Gasteiger partial charge in [-0.2, -0.15) is 0 Å². The van der Waals surface area contributed by atoms with Crippen LogP contribution in [0.3, 0.4) is 0 Å². The van der Waals surface area contributed by atoms with Crippen LogP contribution < -0.4 is 9.64 Å². The molecule has 2 aromatic carbocycles. The lowest BCUT2D eigenvalue weighted by Crippen LogP contribution is -2.34. The summed E-state index contributed by atoms with van der Waals surface area (Å²) in [5.41, 5.74) is 4.52. The van der Waals surface area contributed by atoms with E-state index in [1.165, 1.54) is 5.56 Å². The molecule has 2 aliphatic heterocycles. The minimum Gasteiger partial charge on any atom is -0.488 e. The molecule has 1 amide bonds. The van der Waals surface area contributed by atoms with Crippen LogP contribution in [0.15, 0.2) is 54.6 Å². The molecule has 3 nitrogen and oxygen atoms in total. The Kier molecular flexibility index (Phi) is 3.38. The van der Waals surface area contributed by atoms with Crippen molar-refractivity contribution in [3.63, 3.8) is 0 Å². The van der Waals surface area contributed by atoms with Crippen molar-refractivity contribution in [2.75, 3.05) is 11.4 Å². The summed E-state index contributed by atoms with van der Waals surface area (Å²) < 4.78 is 5.83. The SMILES string of the molecule is O=C(c1cc2c(s1)-c1ccccc1OC2)N1CCCc2ccccc21. The number of anilines is 1. The molecule has 4 heteroatoms. The van der Waals surface area contributed by atoms with Gasteiger partial charge in [0.25, 0.3) is 5.91 Å². The molecule has 0 unspecified atom stereocenters. The number of ether oxygens (including phenoxy) is 1. The molecule has 5 rings (SSSR count). The van der Waals surface area contributed by atoms with Gasteiger partial charge in [0.15, 0.2) is 0 Å². The van der Waals surface area contributed by atoms with E-state index in [2.05, 4.69) is 18.2 Å². The van der Waals surface area contributed by atoms with Gasteiger partial charge in [-0.05, 0) is 42.7 Å². The Morgan fingerprint density at radius 1 is 1.04 bits per heavy atom. The normalized spacial score (nSPS) is 15.0. The Hall–Kier alpha value is -2.59. The summed E-state index contributed by atoms with van der Waals surface area (Å²) in [7, 11) is 0. The van der Waals surface area contributed by atoms with Gasteiger partial charge in [0.05, 0.1) is 4.88 Å². The van der Waals surface area contributed by atoms with E-state index in [-0.39, 0.29) is 5.91 Å². The number of carbonyl (C=O) groups excluding carboxylic acids is 1. The molecule has 0 radical (unpaired) electrons. The largest absolute Gasteiger partial charge is 0.488 e. The quantitative estimate of drug-likeness (QED) is 0.626. The number of amides is 1. The second-order valence-electron chi connectivity index (χ2n) is 6.44. The predicted molar refractivity (Wildman–Crippen MR) is 101 cm³/mol. The first-order chi connectivity index (χ1) is 12.3. The average molecular weight is 347 g/mol. The van der Waals surface area contributed by atoms with E-state index in [1.54, 1.807) is 11.3 Å². The molecule has 1 aromatic heterocycles. The molecule has 3 aromatic rings. The fourth-order valence-electron chi connectivity index (χ4n) is 3.68. The van der Waals surface area contributed by atoms with E-state index in [1.807, 2.05) is 41.3 Å². The summed E-state index contributed by atoms with van der Waals surface area (Å²) in [6, 6.07) is 18.3. The highest BCUT2D eigenvalue weighted by Gasteiger charge is 2.27. The molecule has 0 atom stereocenters. The number of aryl methyl sites for hydroxylation is 1. The smallest absolute Gasteiger partial charge is 0.268 e. The number of carbonyl (C=O) groups is 1. The molecule has 0 spiro atoms. The molecule has 2 aliphatic rings. The summed E-state index contributed by atoms with van der Waals surface area (Å²) >= 11 is 1.58. The Labute approximate surface area is 150 Å². The maximum absolute atomic E-state index is 13.2. The van der Waals surface area contributed by atoms with Gasteiger partial charge in [-0.3, -0.25) is 4.79 Å². The molecule has 0 saturated heterocycles. The van der Waals surface area contributed by atoms with E-state index in [0.717, 1.165) is 51.7 Å². The highest BCUT2D eigenvalue weighted by atomic mass is 32.1. The fourth-order valence-corrected chi connectivity index (χ4v) is 4.83. The Bertz CT molecular complexity index is 976. The Balaban J connectivity index is 1.54. The van der Waals surface area contributed by atoms with Gasteiger partial charge in [-0.25, -0.2) is 0 Å². The molecule has 0 N–H and O–H groups in total. The van der Waals surface area contributed by atoms with Crippen LogP contribution in [-0.4, -0.2) is 12.5 Å². The third-order valence-corrected chi connectivity index (χ3v) is 6.09. The standard InChI is InChI=1S/C21H17NO2S/c23-21(22-11-5-7-14-6-1-3-9-17(14)22)19-12-15-13-24-18-10-4-2-8-16(18)20(15)25-19/h1-4,6,8-10,12H,5,7,11,13H2. The second-order valence-corrected chi connectivity index (χ2v) is 7.49. The summed E-state index contributed by atoms with van der Waals surface area (Å²) in [4.78, 5) is 17.1. The van der Waals surface area contributed by atoms with Crippen molar-refractivity contribution >= 4 is 22.9 Å². The number of fused-ring (bicyclic) bond motifs is 4. The number of hydrogen-bond donors (Lipinski definition) is 0. The van der Waals surface area contributed by atoms with E-state index in [4.69, 9.17) is 4.74 Å². The maximum atomic E-state index is 13.2. The zero-order valence-electron chi connectivity index (χ0n) is 13.7. The van der Waals surface area contributed by atoms with E-state index < -0.39 is 0 Å². The monoisotopic (exact) mass is 347 g/mol. The van der Waals surface area contributed by atoms with Crippen LogP contribution >= 0.6 is 11.3 Å². The van der Waals surface area contributed by atoms with Crippen LogP contribution in [0.4, 0.5) is 5.69 Å². The minimum atomic E-state index is 0.101. The van der Waals surface area contributed by atoms with Crippen molar-refractivity contribution in [3.8, 4) is 16.2 Å². The lowest BCUT2D eigenvalue weighted by atomic mass is 10.0. The van der Waals surface area contributed by atoms with Crippen molar-refractivity contribution in [2.45, 2.75) is 19.4 Å². The van der Waals surface area contributed by atoms with Gasteiger partial charge < -0.3 is 9.64 Å². The van der Waals surface area contributed by atoms with Crippen molar-refractivity contribution in [2.24, 2.45) is 0 Å². The third kappa shape index (κ3) is 2.36. The first-order valence-corrected chi connectivity index (χ1v) is 9.37. The summed E-state index contributed by atoms with van der Waals surface area (Å²) in [5, 5.41) is 0. The summed E-state index contributed by atoms with van der Waals surface area (Å²) in [5.74, 6) is 1.00. The molecular formula is C21H17NO2S. The molecule has 25 heavy (non-hydrogen) atoms.